The molecule has 1 aromatic heterocycles. The summed E-state index contributed by atoms with van der Waals surface area (Å²) in [5.41, 5.74) is -5.96. The number of alkyl halides is 6. The van der Waals surface area contributed by atoms with Crippen LogP contribution in [0.1, 0.15) is 12.7 Å². The van der Waals surface area contributed by atoms with Gasteiger partial charge in [0, 0.05) is 6.92 Å². The molecule has 0 fully saturated rings. The van der Waals surface area contributed by atoms with Crippen molar-refractivity contribution in [1.82, 2.24) is 9.29 Å². The summed E-state index contributed by atoms with van der Waals surface area (Å²) in [5, 5.41) is 0. The summed E-state index contributed by atoms with van der Waals surface area (Å²) in [6.45, 7) is 5.32. The molecule has 1 heterocycles. The number of nitrogens with zero attached hydrogens (tertiary/aromatic N) is 2. The molecule has 0 saturated carbocycles. The number of aromatic nitrogens is 2. The van der Waals surface area contributed by atoms with Crippen LogP contribution >= 0.6 is 0 Å². The third-order valence-electron chi connectivity index (χ3n) is 2.29. The van der Waals surface area contributed by atoms with E-state index in [1.165, 1.54) is 5.82 Å². The Kier molecular flexibility index (Phi) is 6.23. The molecule has 0 aliphatic rings. The van der Waals surface area contributed by atoms with Crippen LogP contribution in [0.2, 0.25) is 0 Å². The molecule has 21 heavy (non-hydrogen) atoms. The van der Waals surface area contributed by atoms with E-state index in [0.29, 0.717) is 0 Å². The molecule has 0 aliphatic heterocycles. The topological polar surface area (TPSA) is 55.0 Å². The molecule has 0 saturated heterocycles. The van der Waals surface area contributed by atoms with Crippen LogP contribution in [-0.2, 0) is 23.6 Å². The molecule has 124 valence electrons. The second-order valence-electron chi connectivity index (χ2n) is 3.79. The highest BCUT2D eigenvalue weighted by Crippen LogP contribution is 2.25. The lowest BCUT2D eigenvalue weighted by molar-refractivity contribution is -0.677. The highest BCUT2D eigenvalue weighted by Gasteiger charge is 2.51. The van der Waals surface area contributed by atoms with Gasteiger partial charge in [-0.25, -0.2) is 17.6 Å². The Morgan fingerprint density at radius 3 is 1.86 bits per heavy atom. The van der Waals surface area contributed by atoms with Gasteiger partial charge in [-0.3, -0.25) is 0 Å². The fourth-order valence-electron chi connectivity index (χ4n) is 1.14. The molecule has 0 radical (unpaired) electrons. The van der Waals surface area contributed by atoms with Gasteiger partial charge in [0.2, 0.25) is 0 Å². The third kappa shape index (κ3) is 6.33. The van der Waals surface area contributed by atoms with Crippen LogP contribution in [0.25, 0.3) is 0 Å². The molecule has 0 aromatic carbocycles. The molecule has 5 nitrogen and oxygen atoms in total. The average Bonchev–Trinajstić information content (AvgIpc) is 2.55. The number of nitrogens with one attached hydrogen (secondary N) is 1. The second kappa shape index (κ2) is 6.64. The van der Waals surface area contributed by atoms with Crippen molar-refractivity contribution >= 4 is 10.0 Å². The van der Waals surface area contributed by atoms with Crippen molar-refractivity contribution in [3.63, 3.8) is 0 Å². The third-order valence-corrected chi connectivity index (χ3v) is 3.40. The summed E-state index contributed by atoms with van der Waals surface area (Å²) in [5.74, 6) is 1.30. The number of sulfonamides is 1. The van der Waals surface area contributed by atoms with Gasteiger partial charge in [-0.2, -0.15) is 26.3 Å². The second-order valence-corrected chi connectivity index (χ2v) is 5.47. The normalized spacial score (nSPS) is 12.8. The molecule has 0 spiro atoms. The summed E-state index contributed by atoms with van der Waals surface area (Å²) in [7, 11) is -4.27. The molecule has 1 aromatic rings. The summed E-state index contributed by atoms with van der Waals surface area (Å²) in [6.07, 6.45) is -1.46. The number of hydrogen-bond acceptors (Lipinski definition) is 2. The van der Waals surface area contributed by atoms with E-state index < -0.39 is 26.6 Å². The maximum absolute atomic E-state index is 11.2. The van der Waals surface area contributed by atoms with Crippen LogP contribution in [0.3, 0.4) is 0 Å². The molecule has 12 heteroatoms. The standard InChI is InChI=1S/C7H13N2.C2HF6NO2S/c1-4-9-6-5-8(3)7(9)2;3-1(4,5)9-12(10,11)2(6,7)8/h5-6H,4H2,1-3H3;9H/q+1;. The molecule has 0 bridgehead atoms. The maximum atomic E-state index is 11.2. The predicted molar refractivity (Wildman–Crippen MR) is 60.2 cm³/mol. The number of imidazole rings is 1. The minimum Gasteiger partial charge on any atom is -0.237 e. The first kappa shape index (κ1) is 19.7. The molecule has 0 unspecified atom stereocenters. The highest BCUT2D eigenvalue weighted by atomic mass is 32.2. The van der Waals surface area contributed by atoms with E-state index in [9.17, 15) is 34.8 Å². The first-order valence-electron chi connectivity index (χ1n) is 5.39. The van der Waals surface area contributed by atoms with Gasteiger partial charge in [-0.1, -0.05) is 0 Å². The first-order chi connectivity index (χ1) is 9.21. The van der Waals surface area contributed by atoms with E-state index in [-0.39, 0.29) is 0 Å². The zero-order valence-corrected chi connectivity index (χ0v) is 12.1. The molecule has 1 rings (SSSR count). The summed E-state index contributed by atoms with van der Waals surface area (Å²) in [4.78, 5) is 0. The predicted octanol–water partition coefficient (Wildman–Crippen LogP) is 1.59. The van der Waals surface area contributed by atoms with Crippen molar-refractivity contribution in [2.45, 2.75) is 32.2 Å². The van der Waals surface area contributed by atoms with Crippen LogP contribution in [0.4, 0.5) is 26.3 Å². The van der Waals surface area contributed by atoms with Gasteiger partial charge >= 0.3 is 21.8 Å². The van der Waals surface area contributed by atoms with Crippen LogP contribution < -0.4 is 9.29 Å². The van der Waals surface area contributed by atoms with E-state index >= 15 is 0 Å². The van der Waals surface area contributed by atoms with Gasteiger partial charge in [-0.15, -0.1) is 4.72 Å². The lowest BCUT2D eigenvalue weighted by Crippen LogP contribution is -2.44. The van der Waals surface area contributed by atoms with E-state index in [2.05, 4.69) is 42.4 Å². The molecular weight excluding hydrogens is 328 g/mol. The Labute approximate surface area is 117 Å². The largest absolute Gasteiger partial charge is 0.511 e. The fourth-order valence-corrected chi connectivity index (χ4v) is 1.56. The number of aryl methyl sites for hydroxylation is 2. The van der Waals surface area contributed by atoms with Crippen molar-refractivity contribution in [2.24, 2.45) is 7.05 Å². The van der Waals surface area contributed by atoms with E-state index in [4.69, 9.17) is 0 Å². The zero-order valence-electron chi connectivity index (χ0n) is 11.2. The lowest BCUT2D eigenvalue weighted by atomic mass is 10.6. The maximum Gasteiger partial charge on any atom is 0.511 e. The van der Waals surface area contributed by atoms with Crippen molar-refractivity contribution in [1.29, 1.82) is 0 Å². The Morgan fingerprint density at radius 2 is 1.71 bits per heavy atom. The lowest BCUT2D eigenvalue weighted by Gasteiger charge is -2.10. The molecule has 0 aliphatic carbocycles. The van der Waals surface area contributed by atoms with E-state index in [1.54, 1.807) is 0 Å². The Morgan fingerprint density at radius 1 is 1.24 bits per heavy atom. The number of rotatable bonds is 2. The van der Waals surface area contributed by atoms with Gasteiger partial charge in [0.1, 0.15) is 12.4 Å². The summed E-state index contributed by atoms with van der Waals surface area (Å²) < 4.78 is 90.1. The quantitative estimate of drug-likeness (QED) is 0.504. The molecule has 0 atom stereocenters. The number of halogens is 6. The first-order valence-corrected chi connectivity index (χ1v) is 6.88. The fraction of sp³-hybridized carbons (Fsp3) is 0.667. The van der Waals surface area contributed by atoms with Crippen molar-refractivity contribution in [2.75, 3.05) is 0 Å². The smallest absolute Gasteiger partial charge is 0.237 e. The summed E-state index contributed by atoms with van der Waals surface area (Å²) >= 11 is 0. The Bertz CT molecular complexity index is 561. The van der Waals surface area contributed by atoms with Crippen LogP contribution in [0, 0.1) is 6.92 Å². The average molecular weight is 342 g/mol. The molecule has 0 amide bonds. The molecular formula is C9H14F6N3O2S+. The van der Waals surface area contributed by atoms with Crippen LogP contribution in [-0.4, -0.2) is 24.8 Å². The van der Waals surface area contributed by atoms with Crippen molar-refractivity contribution < 1.29 is 39.3 Å². The van der Waals surface area contributed by atoms with Crippen molar-refractivity contribution in [3.8, 4) is 0 Å². The SMILES string of the molecule is CCn1cc[n+](C)c1C.O=S(=O)(NC(F)(F)F)C(F)(F)F. The van der Waals surface area contributed by atoms with Gasteiger partial charge < -0.3 is 0 Å². The van der Waals surface area contributed by atoms with Gasteiger partial charge in [-0.05, 0) is 6.92 Å². The molecule has 1 N–H and O–H groups in total. The van der Waals surface area contributed by atoms with Gasteiger partial charge in [0.05, 0.1) is 13.6 Å². The van der Waals surface area contributed by atoms with Crippen LogP contribution in [0.5, 0.6) is 0 Å². The van der Waals surface area contributed by atoms with E-state index in [1.807, 2.05) is 0 Å². The van der Waals surface area contributed by atoms with Crippen LogP contribution in [0.15, 0.2) is 12.4 Å². The number of hydrogen-bond donors (Lipinski definition) is 1. The zero-order chi connectivity index (χ0) is 17.1. The minimum absolute atomic E-state index is 0.517. The van der Waals surface area contributed by atoms with Gasteiger partial charge in [0.15, 0.2) is 0 Å². The van der Waals surface area contributed by atoms with Crippen molar-refractivity contribution in [3.05, 3.63) is 18.2 Å². The monoisotopic (exact) mass is 342 g/mol. The van der Waals surface area contributed by atoms with E-state index in [0.717, 1.165) is 6.54 Å². The Balaban J connectivity index is 0.000000394. The summed E-state index contributed by atoms with van der Waals surface area (Å²) in [6, 6.07) is 0. The highest BCUT2D eigenvalue weighted by molar-refractivity contribution is 7.90. The van der Waals surface area contributed by atoms with Gasteiger partial charge in [0.25, 0.3) is 5.82 Å². The Hall–Kier alpha value is -1.30. The minimum atomic E-state index is -6.33.